The summed E-state index contributed by atoms with van der Waals surface area (Å²) in [6.45, 7) is 1.89. The van der Waals surface area contributed by atoms with Crippen LogP contribution in [0.1, 0.15) is 45.4 Å². The molecule has 0 saturated heterocycles. The summed E-state index contributed by atoms with van der Waals surface area (Å²) in [5.41, 5.74) is 0.795. The van der Waals surface area contributed by atoms with Crippen molar-refractivity contribution in [1.82, 2.24) is 20.1 Å². The third kappa shape index (κ3) is 4.63. The summed E-state index contributed by atoms with van der Waals surface area (Å²) < 4.78 is 14.9. The van der Waals surface area contributed by atoms with Crippen molar-refractivity contribution in [1.29, 1.82) is 0 Å². The zero-order valence-corrected chi connectivity index (χ0v) is 16.1. The van der Waals surface area contributed by atoms with Gasteiger partial charge in [0.1, 0.15) is 5.82 Å². The Labute approximate surface area is 157 Å². The molecule has 5 nitrogen and oxygen atoms in total. The van der Waals surface area contributed by atoms with Gasteiger partial charge in [0.25, 0.3) is 0 Å². The van der Waals surface area contributed by atoms with Crippen molar-refractivity contribution in [3.63, 3.8) is 0 Å². The first-order chi connectivity index (χ1) is 12.5. The Hall–Kier alpha value is -1.89. The number of hydrogen-bond acceptors (Lipinski definition) is 4. The van der Waals surface area contributed by atoms with Gasteiger partial charge in [-0.15, -0.1) is 10.2 Å². The number of aromatic nitrogens is 3. The number of carbonyl (C=O) groups is 1. The van der Waals surface area contributed by atoms with Crippen LogP contribution in [0.15, 0.2) is 29.4 Å². The number of amides is 1. The van der Waals surface area contributed by atoms with Crippen molar-refractivity contribution in [3.8, 4) is 11.4 Å². The Balaban J connectivity index is 1.63. The number of carbonyl (C=O) groups excluding carboxylic acids is 1. The van der Waals surface area contributed by atoms with E-state index in [1.54, 1.807) is 12.1 Å². The van der Waals surface area contributed by atoms with Gasteiger partial charge in [0.15, 0.2) is 11.0 Å². The maximum absolute atomic E-state index is 13.1. The van der Waals surface area contributed by atoms with Crippen molar-refractivity contribution in [2.75, 3.05) is 0 Å². The number of thioether (sulfide) groups is 1. The third-order valence-corrected chi connectivity index (χ3v) is 5.92. The van der Waals surface area contributed by atoms with Gasteiger partial charge in [-0.25, -0.2) is 4.39 Å². The predicted molar refractivity (Wildman–Crippen MR) is 101 cm³/mol. The third-order valence-electron chi connectivity index (χ3n) is 4.79. The van der Waals surface area contributed by atoms with E-state index in [1.165, 1.54) is 49.6 Å². The van der Waals surface area contributed by atoms with Crippen LogP contribution in [0.2, 0.25) is 0 Å². The molecule has 1 amide bonds. The van der Waals surface area contributed by atoms with Crippen LogP contribution in [0, 0.1) is 5.82 Å². The van der Waals surface area contributed by atoms with Gasteiger partial charge in [-0.3, -0.25) is 4.79 Å². The molecule has 0 bridgehead atoms. The second kappa shape index (κ2) is 8.66. The monoisotopic (exact) mass is 376 g/mol. The zero-order valence-electron chi connectivity index (χ0n) is 15.2. The highest BCUT2D eigenvalue weighted by molar-refractivity contribution is 8.00. The molecule has 26 heavy (non-hydrogen) atoms. The lowest BCUT2D eigenvalue weighted by atomic mass is 10.1. The van der Waals surface area contributed by atoms with Gasteiger partial charge in [-0.1, -0.05) is 37.4 Å². The van der Waals surface area contributed by atoms with Crippen molar-refractivity contribution in [2.45, 2.75) is 61.9 Å². The molecule has 1 aliphatic carbocycles. The minimum atomic E-state index is -0.283. The highest BCUT2D eigenvalue weighted by Crippen LogP contribution is 2.26. The molecule has 1 aliphatic rings. The van der Waals surface area contributed by atoms with E-state index in [4.69, 9.17) is 0 Å². The average molecular weight is 377 g/mol. The lowest BCUT2D eigenvalue weighted by molar-refractivity contribution is -0.121. The number of benzene rings is 1. The van der Waals surface area contributed by atoms with E-state index in [2.05, 4.69) is 15.5 Å². The molecule has 1 fully saturated rings. The maximum atomic E-state index is 13.1. The van der Waals surface area contributed by atoms with Crippen LogP contribution < -0.4 is 5.32 Å². The molecule has 0 unspecified atom stereocenters. The molecule has 0 radical (unpaired) electrons. The summed E-state index contributed by atoms with van der Waals surface area (Å²) in [7, 11) is 1.86. The normalized spacial score (nSPS) is 16.9. The molecule has 7 heteroatoms. The zero-order chi connectivity index (χ0) is 18.5. The van der Waals surface area contributed by atoms with E-state index in [1.807, 2.05) is 18.5 Å². The highest BCUT2D eigenvalue weighted by Gasteiger charge is 2.22. The summed E-state index contributed by atoms with van der Waals surface area (Å²) >= 11 is 1.39. The van der Waals surface area contributed by atoms with E-state index in [0.717, 1.165) is 18.4 Å². The van der Waals surface area contributed by atoms with Crippen LogP contribution in [0.5, 0.6) is 0 Å². The molecular weight excluding hydrogens is 351 g/mol. The molecule has 1 aromatic carbocycles. The smallest absolute Gasteiger partial charge is 0.233 e. The first-order valence-electron chi connectivity index (χ1n) is 9.17. The molecule has 1 aromatic heterocycles. The van der Waals surface area contributed by atoms with Crippen LogP contribution in [0.25, 0.3) is 11.4 Å². The Kier molecular flexibility index (Phi) is 6.29. The SMILES string of the molecule is C[C@H](Sc1nnc(-c2ccc(F)cc2)n1C)C(=O)NC1CCCCCC1. The van der Waals surface area contributed by atoms with Crippen molar-refractivity contribution < 1.29 is 9.18 Å². The van der Waals surface area contributed by atoms with Gasteiger partial charge in [-0.05, 0) is 44.0 Å². The van der Waals surface area contributed by atoms with Gasteiger partial charge >= 0.3 is 0 Å². The van der Waals surface area contributed by atoms with E-state index in [0.29, 0.717) is 17.0 Å². The molecule has 0 spiro atoms. The fourth-order valence-electron chi connectivity index (χ4n) is 3.22. The molecule has 0 aliphatic heterocycles. The number of halogens is 1. The maximum Gasteiger partial charge on any atom is 0.233 e. The van der Waals surface area contributed by atoms with Gasteiger partial charge in [0.2, 0.25) is 5.91 Å². The molecule has 1 N–H and O–H groups in total. The minimum absolute atomic E-state index is 0.0493. The molecular formula is C19H25FN4OS. The quantitative estimate of drug-likeness (QED) is 0.634. The average Bonchev–Trinajstić information content (AvgIpc) is 2.83. The van der Waals surface area contributed by atoms with E-state index >= 15 is 0 Å². The number of nitrogens with one attached hydrogen (secondary N) is 1. The topological polar surface area (TPSA) is 59.8 Å². The highest BCUT2D eigenvalue weighted by atomic mass is 32.2. The fraction of sp³-hybridized carbons (Fsp3) is 0.526. The lowest BCUT2D eigenvalue weighted by Gasteiger charge is -2.19. The summed E-state index contributed by atoms with van der Waals surface area (Å²) in [6, 6.07) is 6.45. The van der Waals surface area contributed by atoms with Gasteiger partial charge in [0.05, 0.1) is 5.25 Å². The Morgan fingerprint density at radius 2 is 1.85 bits per heavy atom. The second-order valence-corrected chi connectivity index (χ2v) is 8.14. The summed E-state index contributed by atoms with van der Waals surface area (Å²) in [5, 5.41) is 12.0. The van der Waals surface area contributed by atoms with Crippen LogP contribution in [-0.4, -0.2) is 32.0 Å². The second-order valence-electron chi connectivity index (χ2n) is 6.83. The standard InChI is InChI=1S/C19H25FN4OS/c1-13(18(25)21-16-7-5-3-4-6-8-16)26-19-23-22-17(24(19)2)14-9-11-15(20)12-10-14/h9-13,16H,3-8H2,1-2H3,(H,21,25)/t13-/m0/s1. The predicted octanol–water partition coefficient (Wildman–Crippen LogP) is 3.94. The van der Waals surface area contributed by atoms with Crippen LogP contribution in [0.4, 0.5) is 4.39 Å². The van der Waals surface area contributed by atoms with E-state index < -0.39 is 0 Å². The van der Waals surface area contributed by atoms with E-state index in [-0.39, 0.29) is 17.0 Å². The Bertz CT molecular complexity index is 738. The van der Waals surface area contributed by atoms with Crippen molar-refractivity contribution >= 4 is 17.7 Å². The number of nitrogens with zero attached hydrogens (tertiary/aromatic N) is 3. The molecule has 1 saturated carbocycles. The van der Waals surface area contributed by atoms with Gasteiger partial charge < -0.3 is 9.88 Å². The number of rotatable bonds is 5. The van der Waals surface area contributed by atoms with Crippen LogP contribution in [-0.2, 0) is 11.8 Å². The first-order valence-corrected chi connectivity index (χ1v) is 10.0. The van der Waals surface area contributed by atoms with Gasteiger partial charge in [0, 0.05) is 18.7 Å². The summed E-state index contributed by atoms with van der Waals surface area (Å²) in [6.07, 6.45) is 7.06. The minimum Gasteiger partial charge on any atom is -0.352 e. The Morgan fingerprint density at radius 3 is 2.50 bits per heavy atom. The van der Waals surface area contributed by atoms with Gasteiger partial charge in [-0.2, -0.15) is 0 Å². The molecule has 1 atom stereocenters. The first kappa shape index (κ1) is 18.9. The van der Waals surface area contributed by atoms with Crippen molar-refractivity contribution in [3.05, 3.63) is 30.1 Å². The lowest BCUT2D eigenvalue weighted by Crippen LogP contribution is -2.39. The Morgan fingerprint density at radius 1 is 1.19 bits per heavy atom. The number of hydrogen-bond donors (Lipinski definition) is 1. The summed E-state index contributed by atoms with van der Waals surface area (Å²) in [5.74, 6) is 0.423. The fourth-order valence-corrected chi connectivity index (χ4v) is 4.05. The molecule has 3 rings (SSSR count). The van der Waals surface area contributed by atoms with Crippen LogP contribution in [0.3, 0.4) is 0 Å². The molecule has 1 heterocycles. The molecule has 2 aromatic rings. The van der Waals surface area contributed by atoms with Crippen molar-refractivity contribution in [2.24, 2.45) is 7.05 Å². The van der Waals surface area contributed by atoms with Crippen LogP contribution >= 0.6 is 11.8 Å². The largest absolute Gasteiger partial charge is 0.352 e. The van der Waals surface area contributed by atoms with E-state index in [9.17, 15) is 9.18 Å². The summed E-state index contributed by atoms with van der Waals surface area (Å²) in [4.78, 5) is 12.5. The molecule has 140 valence electrons.